The molecule has 5 heteroatoms. The Bertz CT molecular complexity index is 553. The van der Waals surface area contributed by atoms with Crippen LogP contribution in [-0.2, 0) is 4.74 Å². The van der Waals surface area contributed by atoms with Crippen molar-refractivity contribution < 1.29 is 9.53 Å². The Morgan fingerprint density at radius 2 is 2.20 bits per heavy atom. The SMILES string of the molecule is CCOC(=O)c1cccc2[nH][nH]c(=O)c12. The van der Waals surface area contributed by atoms with Gasteiger partial charge in [0.15, 0.2) is 0 Å². The molecule has 2 rings (SSSR count). The van der Waals surface area contributed by atoms with Gasteiger partial charge in [-0.3, -0.25) is 15.0 Å². The summed E-state index contributed by atoms with van der Waals surface area (Å²) in [5.41, 5.74) is 0.580. The number of nitrogens with one attached hydrogen (secondary N) is 2. The Labute approximate surface area is 85.0 Å². The predicted molar refractivity (Wildman–Crippen MR) is 54.9 cm³/mol. The fourth-order valence-corrected chi connectivity index (χ4v) is 1.47. The van der Waals surface area contributed by atoms with Crippen LogP contribution >= 0.6 is 0 Å². The summed E-state index contributed by atoms with van der Waals surface area (Å²) in [6.07, 6.45) is 0. The first-order valence-electron chi connectivity index (χ1n) is 4.60. The number of aromatic amines is 2. The van der Waals surface area contributed by atoms with Crippen LogP contribution in [0, 0.1) is 0 Å². The first kappa shape index (κ1) is 9.51. The van der Waals surface area contributed by atoms with Gasteiger partial charge in [0.1, 0.15) is 0 Å². The number of carbonyl (C=O) groups is 1. The first-order chi connectivity index (χ1) is 7.24. The minimum Gasteiger partial charge on any atom is -0.462 e. The summed E-state index contributed by atoms with van der Waals surface area (Å²) in [4.78, 5) is 22.9. The molecule has 1 aromatic carbocycles. The molecule has 0 aliphatic carbocycles. The van der Waals surface area contributed by atoms with Gasteiger partial charge in [0, 0.05) is 0 Å². The van der Waals surface area contributed by atoms with Crippen LogP contribution in [0.1, 0.15) is 17.3 Å². The van der Waals surface area contributed by atoms with E-state index >= 15 is 0 Å². The van der Waals surface area contributed by atoms with Gasteiger partial charge in [-0.05, 0) is 19.1 Å². The van der Waals surface area contributed by atoms with Gasteiger partial charge in [0.2, 0.25) is 0 Å². The summed E-state index contributed by atoms with van der Waals surface area (Å²) in [7, 11) is 0. The van der Waals surface area contributed by atoms with E-state index in [1.807, 2.05) is 0 Å². The molecule has 1 aromatic heterocycles. The van der Waals surface area contributed by atoms with Crippen LogP contribution in [0.25, 0.3) is 10.9 Å². The number of aromatic nitrogens is 2. The highest BCUT2D eigenvalue weighted by atomic mass is 16.5. The van der Waals surface area contributed by atoms with E-state index < -0.39 is 5.97 Å². The first-order valence-corrected chi connectivity index (χ1v) is 4.60. The fourth-order valence-electron chi connectivity index (χ4n) is 1.47. The zero-order valence-electron chi connectivity index (χ0n) is 8.16. The number of H-pyrrole nitrogens is 2. The lowest BCUT2D eigenvalue weighted by molar-refractivity contribution is 0.0528. The van der Waals surface area contributed by atoms with Crippen molar-refractivity contribution in [3.63, 3.8) is 0 Å². The van der Waals surface area contributed by atoms with Crippen molar-refractivity contribution in [3.05, 3.63) is 34.1 Å². The average Bonchev–Trinajstić information content (AvgIpc) is 2.61. The quantitative estimate of drug-likeness (QED) is 0.720. The Kier molecular flexibility index (Phi) is 2.29. The maximum atomic E-state index is 11.5. The number of benzene rings is 1. The van der Waals surface area contributed by atoms with E-state index in [1.54, 1.807) is 25.1 Å². The Morgan fingerprint density at radius 3 is 2.93 bits per heavy atom. The summed E-state index contributed by atoms with van der Waals surface area (Å²) >= 11 is 0. The van der Waals surface area contributed by atoms with Crippen molar-refractivity contribution in [1.29, 1.82) is 0 Å². The van der Waals surface area contributed by atoms with Crippen LogP contribution in [0.3, 0.4) is 0 Å². The second-order valence-corrected chi connectivity index (χ2v) is 3.03. The number of carbonyl (C=O) groups excluding carboxylic acids is 1. The molecule has 0 amide bonds. The summed E-state index contributed by atoms with van der Waals surface area (Å²) in [6.45, 7) is 2.01. The van der Waals surface area contributed by atoms with Crippen molar-refractivity contribution in [2.24, 2.45) is 0 Å². The molecular formula is C10H10N2O3. The minimum absolute atomic E-state index is 0.289. The van der Waals surface area contributed by atoms with Gasteiger partial charge < -0.3 is 4.74 Å². The smallest absolute Gasteiger partial charge is 0.339 e. The second-order valence-electron chi connectivity index (χ2n) is 3.03. The molecule has 15 heavy (non-hydrogen) atoms. The molecule has 0 fully saturated rings. The van der Waals surface area contributed by atoms with Crippen LogP contribution < -0.4 is 5.56 Å². The maximum Gasteiger partial charge on any atom is 0.339 e. The van der Waals surface area contributed by atoms with E-state index in [2.05, 4.69) is 10.2 Å². The van der Waals surface area contributed by atoms with E-state index in [1.165, 1.54) is 0 Å². The third-order valence-corrected chi connectivity index (χ3v) is 2.10. The van der Waals surface area contributed by atoms with E-state index in [4.69, 9.17) is 4.74 Å². The molecule has 0 bridgehead atoms. The van der Waals surface area contributed by atoms with Crippen molar-refractivity contribution in [1.82, 2.24) is 10.2 Å². The minimum atomic E-state index is -0.479. The molecule has 2 aromatic rings. The van der Waals surface area contributed by atoms with Gasteiger partial charge in [0.25, 0.3) is 5.56 Å². The highest BCUT2D eigenvalue weighted by Gasteiger charge is 2.14. The lowest BCUT2D eigenvalue weighted by Crippen LogP contribution is -2.09. The van der Waals surface area contributed by atoms with Gasteiger partial charge in [-0.25, -0.2) is 4.79 Å². The number of ether oxygens (including phenoxy) is 1. The molecule has 0 aliphatic heterocycles. The van der Waals surface area contributed by atoms with Crippen molar-refractivity contribution >= 4 is 16.9 Å². The molecular weight excluding hydrogens is 196 g/mol. The van der Waals surface area contributed by atoms with Crippen LogP contribution in [-0.4, -0.2) is 22.8 Å². The number of fused-ring (bicyclic) bond motifs is 1. The molecule has 0 unspecified atom stereocenters. The Hall–Kier alpha value is -2.04. The molecule has 0 spiro atoms. The molecule has 5 nitrogen and oxygen atoms in total. The van der Waals surface area contributed by atoms with Gasteiger partial charge in [-0.2, -0.15) is 0 Å². The molecule has 78 valence electrons. The zero-order chi connectivity index (χ0) is 10.8. The largest absolute Gasteiger partial charge is 0.462 e. The standard InChI is InChI=1S/C10H10N2O3/c1-2-15-10(14)6-4-3-5-7-8(6)9(13)12-11-7/h3-5H,2H2,1H3,(H2,11,12,13). The molecule has 0 saturated carbocycles. The second kappa shape index (κ2) is 3.61. The molecule has 0 aliphatic rings. The summed E-state index contributed by atoms with van der Waals surface area (Å²) < 4.78 is 4.85. The predicted octanol–water partition coefficient (Wildman–Crippen LogP) is 1.03. The average molecular weight is 206 g/mol. The summed E-state index contributed by atoms with van der Waals surface area (Å²) in [5, 5.41) is 5.45. The van der Waals surface area contributed by atoms with Gasteiger partial charge in [-0.1, -0.05) is 6.07 Å². The Balaban J connectivity index is 2.64. The van der Waals surface area contributed by atoms with E-state index in [0.29, 0.717) is 10.9 Å². The molecule has 0 saturated heterocycles. The molecule has 1 heterocycles. The van der Waals surface area contributed by atoms with E-state index in [-0.39, 0.29) is 17.7 Å². The van der Waals surface area contributed by atoms with Gasteiger partial charge >= 0.3 is 5.97 Å². The maximum absolute atomic E-state index is 11.5. The van der Waals surface area contributed by atoms with E-state index in [9.17, 15) is 9.59 Å². The van der Waals surface area contributed by atoms with Crippen molar-refractivity contribution in [3.8, 4) is 0 Å². The topological polar surface area (TPSA) is 75.0 Å². The summed E-state index contributed by atoms with van der Waals surface area (Å²) in [5.74, 6) is -0.479. The highest BCUT2D eigenvalue weighted by molar-refractivity contribution is 6.03. The molecule has 2 N–H and O–H groups in total. The van der Waals surface area contributed by atoms with Crippen LogP contribution in [0.4, 0.5) is 0 Å². The zero-order valence-corrected chi connectivity index (χ0v) is 8.16. The van der Waals surface area contributed by atoms with Gasteiger partial charge in [0.05, 0.1) is 23.1 Å². The molecule has 0 radical (unpaired) electrons. The van der Waals surface area contributed by atoms with Gasteiger partial charge in [-0.15, -0.1) is 0 Å². The normalized spacial score (nSPS) is 10.5. The number of hydrogen-bond acceptors (Lipinski definition) is 3. The monoisotopic (exact) mass is 206 g/mol. The van der Waals surface area contributed by atoms with Crippen LogP contribution in [0.2, 0.25) is 0 Å². The number of rotatable bonds is 2. The lowest BCUT2D eigenvalue weighted by atomic mass is 10.1. The lowest BCUT2D eigenvalue weighted by Gasteiger charge is -2.01. The van der Waals surface area contributed by atoms with Crippen LogP contribution in [0.15, 0.2) is 23.0 Å². The van der Waals surface area contributed by atoms with E-state index in [0.717, 1.165) is 0 Å². The Morgan fingerprint density at radius 1 is 1.40 bits per heavy atom. The highest BCUT2D eigenvalue weighted by Crippen LogP contribution is 2.13. The van der Waals surface area contributed by atoms with Crippen molar-refractivity contribution in [2.75, 3.05) is 6.61 Å². The third kappa shape index (κ3) is 1.52. The fraction of sp³-hybridized carbons (Fsp3) is 0.200. The molecule has 0 atom stereocenters. The third-order valence-electron chi connectivity index (χ3n) is 2.10. The van der Waals surface area contributed by atoms with Crippen molar-refractivity contribution in [2.45, 2.75) is 6.92 Å². The number of esters is 1. The van der Waals surface area contributed by atoms with Crippen LogP contribution in [0.5, 0.6) is 0 Å². The number of hydrogen-bond donors (Lipinski definition) is 2. The summed E-state index contributed by atoms with van der Waals surface area (Å²) in [6, 6.07) is 4.98.